The van der Waals surface area contributed by atoms with E-state index in [0.29, 0.717) is 11.8 Å². The normalized spacial score (nSPS) is 24.6. The summed E-state index contributed by atoms with van der Waals surface area (Å²) < 4.78 is 5.47. The molecule has 1 aromatic rings. The van der Waals surface area contributed by atoms with Gasteiger partial charge in [0, 0.05) is 10.6 Å². The molecular weight excluding hydrogens is 234 g/mol. The minimum absolute atomic E-state index is 0.518. The lowest BCUT2D eigenvalue weighted by atomic mass is 9.79. The SMILES string of the molecule is CCC1CNCCC1c1c(Cl)cccc1OC. The second-order valence-corrected chi connectivity index (χ2v) is 5.03. The first-order chi connectivity index (χ1) is 8.27. The Balaban J connectivity index is 2.36. The van der Waals surface area contributed by atoms with E-state index in [1.807, 2.05) is 18.2 Å². The molecule has 2 nitrogen and oxygen atoms in total. The van der Waals surface area contributed by atoms with Gasteiger partial charge in [-0.3, -0.25) is 0 Å². The van der Waals surface area contributed by atoms with Gasteiger partial charge in [-0.05, 0) is 43.5 Å². The van der Waals surface area contributed by atoms with Gasteiger partial charge in [-0.25, -0.2) is 0 Å². The summed E-state index contributed by atoms with van der Waals surface area (Å²) in [6, 6.07) is 5.93. The molecule has 1 aromatic carbocycles. The molecule has 94 valence electrons. The molecule has 1 saturated heterocycles. The van der Waals surface area contributed by atoms with Crippen molar-refractivity contribution in [3.8, 4) is 5.75 Å². The molecule has 1 heterocycles. The number of piperidine rings is 1. The van der Waals surface area contributed by atoms with Crippen LogP contribution < -0.4 is 10.1 Å². The number of benzene rings is 1. The Kier molecular flexibility index (Phi) is 4.30. The molecule has 0 amide bonds. The molecule has 0 radical (unpaired) electrons. The van der Waals surface area contributed by atoms with Crippen LogP contribution in [0.25, 0.3) is 0 Å². The molecule has 2 atom stereocenters. The van der Waals surface area contributed by atoms with E-state index >= 15 is 0 Å². The van der Waals surface area contributed by atoms with E-state index in [-0.39, 0.29) is 0 Å². The Morgan fingerprint density at radius 2 is 2.29 bits per heavy atom. The average molecular weight is 254 g/mol. The Bertz CT molecular complexity index is 380. The van der Waals surface area contributed by atoms with E-state index in [1.165, 1.54) is 12.0 Å². The maximum absolute atomic E-state index is 6.36. The van der Waals surface area contributed by atoms with Crippen LogP contribution in [-0.4, -0.2) is 20.2 Å². The third-order valence-corrected chi connectivity index (χ3v) is 4.07. The molecule has 2 unspecified atom stereocenters. The summed E-state index contributed by atoms with van der Waals surface area (Å²) in [6.45, 7) is 4.39. The third-order valence-electron chi connectivity index (χ3n) is 3.74. The van der Waals surface area contributed by atoms with Crippen molar-refractivity contribution >= 4 is 11.6 Å². The van der Waals surface area contributed by atoms with Gasteiger partial charge < -0.3 is 10.1 Å². The van der Waals surface area contributed by atoms with E-state index in [2.05, 4.69) is 12.2 Å². The van der Waals surface area contributed by atoms with Crippen molar-refractivity contribution in [2.24, 2.45) is 5.92 Å². The number of hydrogen-bond donors (Lipinski definition) is 1. The van der Waals surface area contributed by atoms with E-state index in [1.54, 1.807) is 7.11 Å². The van der Waals surface area contributed by atoms with Crippen LogP contribution in [0.5, 0.6) is 5.75 Å². The predicted molar refractivity (Wildman–Crippen MR) is 72.0 cm³/mol. The molecule has 1 aliphatic heterocycles. The zero-order chi connectivity index (χ0) is 12.3. The second-order valence-electron chi connectivity index (χ2n) is 4.62. The van der Waals surface area contributed by atoms with E-state index in [0.717, 1.165) is 30.3 Å². The standard InChI is InChI=1S/C14H20ClNO/c1-3-10-9-16-8-7-11(10)14-12(15)5-4-6-13(14)17-2/h4-6,10-11,16H,3,7-9H2,1-2H3. The van der Waals surface area contributed by atoms with E-state index in [9.17, 15) is 0 Å². The lowest BCUT2D eigenvalue weighted by Crippen LogP contribution is -2.35. The van der Waals surface area contributed by atoms with Gasteiger partial charge in [-0.15, -0.1) is 0 Å². The van der Waals surface area contributed by atoms with Crippen molar-refractivity contribution in [2.75, 3.05) is 20.2 Å². The summed E-state index contributed by atoms with van der Waals surface area (Å²) >= 11 is 6.36. The number of rotatable bonds is 3. The Labute approximate surface area is 108 Å². The number of methoxy groups -OCH3 is 1. The molecule has 0 aliphatic carbocycles. The zero-order valence-corrected chi connectivity index (χ0v) is 11.3. The Morgan fingerprint density at radius 3 is 3.00 bits per heavy atom. The van der Waals surface area contributed by atoms with Crippen LogP contribution in [0.4, 0.5) is 0 Å². The smallest absolute Gasteiger partial charge is 0.123 e. The molecular formula is C14H20ClNO. The van der Waals surface area contributed by atoms with E-state index in [4.69, 9.17) is 16.3 Å². The second kappa shape index (κ2) is 5.74. The fourth-order valence-electron chi connectivity index (χ4n) is 2.79. The van der Waals surface area contributed by atoms with Crippen LogP contribution in [0.2, 0.25) is 5.02 Å². The first-order valence-corrected chi connectivity index (χ1v) is 6.68. The maximum Gasteiger partial charge on any atom is 0.123 e. The highest BCUT2D eigenvalue weighted by Crippen LogP contribution is 2.41. The highest BCUT2D eigenvalue weighted by atomic mass is 35.5. The van der Waals surface area contributed by atoms with Crippen molar-refractivity contribution in [1.29, 1.82) is 0 Å². The van der Waals surface area contributed by atoms with Crippen molar-refractivity contribution in [2.45, 2.75) is 25.7 Å². The first-order valence-electron chi connectivity index (χ1n) is 6.31. The zero-order valence-electron chi connectivity index (χ0n) is 10.5. The molecule has 1 N–H and O–H groups in total. The predicted octanol–water partition coefficient (Wildman–Crippen LogP) is 3.45. The number of halogens is 1. The van der Waals surface area contributed by atoms with Crippen LogP contribution in [0.3, 0.4) is 0 Å². The van der Waals surface area contributed by atoms with Crippen molar-refractivity contribution in [3.05, 3.63) is 28.8 Å². The van der Waals surface area contributed by atoms with Crippen LogP contribution in [-0.2, 0) is 0 Å². The minimum Gasteiger partial charge on any atom is -0.496 e. The molecule has 0 aromatic heterocycles. The lowest BCUT2D eigenvalue weighted by Gasteiger charge is -2.33. The van der Waals surface area contributed by atoms with Crippen molar-refractivity contribution < 1.29 is 4.74 Å². The number of ether oxygens (including phenoxy) is 1. The number of hydrogen-bond acceptors (Lipinski definition) is 2. The molecule has 0 spiro atoms. The van der Waals surface area contributed by atoms with Gasteiger partial charge in [-0.1, -0.05) is 31.0 Å². The molecule has 3 heteroatoms. The minimum atomic E-state index is 0.518. The van der Waals surface area contributed by atoms with Gasteiger partial charge in [0.05, 0.1) is 7.11 Å². The fraction of sp³-hybridized carbons (Fsp3) is 0.571. The third kappa shape index (κ3) is 2.58. The fourth-order valence-corrected chi connectivity index (χ4v) is 3.09. The summed E-state index contributed by atoms with van der Waals surface area (Å²) in [5.74, 6) is 2.10. The van der Waals surface area contributed by atoms with Crippen LogP contribution in [0.15, 0.2) is 18.2 Å². The molecule has 1 aliphatic rings. The van der Waals surface area contributed by atoms with Crippen molar-refractivity contribution in [1.82, 2.24) is 5.32 Å². The summed E-state index contributed by atoms with van der Waals surface area (Å²) in [5.41, 5.74) is 1.20. The van der Waals surface area contributed by atoms with Crippen LogP contribution >= 0.6 is 11.6 Å². The quantitative estimate of drug-likeness (QED) is 0.891. The average Bonchev–Trinajstić information content (AvgIpc) is 2.38. The van der Waals surface area contributed by atoms with Gasteiger partial charge in [0.1, 0.15) is 5.75 Å². The van der Waals surface area contributed by atoms with Gasteiger partial charge >= 0.3 is 0 Å². The summed E-state index contributed by atoms with van der Waals surface area (Å²) in [6.07, 6.45) is 2.31. The lowest BCUT2D eigenvalue weighted by molar-refractivity contribution is 0.307. The van der Waals surface area contributed by atoms with Crippen LogP contribution in [0, 0.1) is 5.92 Å². The Hall–Kier alpha value is -0.730. The van der Waals surface area contributed by atoms with Gasteiger partial charge in [0.2, 0.25) is 0 Å². The molecule has 0 bridgehead atoms. The van der Waals surface area contributed by atoms with Gasteiger partial charge in [0.15, 0.2) is 0 Å². The topological polar surface area (TPSA) is 21.3 Å². The number of nitrogens with one attached hydrogen (secondary N) is 1. The van der Waals surface area contributed by atoms with Crippen molar-refractivity contribution in [3.63, 3.8) is 0 Å². The molecule has 2 rings (SSSR count). The first kappa shape index (κ1) is 12.7. The molecule has 1 fully saturated rings. The van der Waals surface area contributed by atoms with Gasteiger partial charge in [-0.2, -0.15) is 0 Å². The van der Waals surface area contributed by atoms with E-state index < -0.39 is 0 Å². The molecule has 0 saturated carbocycles. The summed E-state index contributed by atoms with van der Waals surface area (Å²) in [7, 11) is 1.72. The summed E-state index contributed by atoms with van der Waals surface area (Å²) in [5, 5.41) is 4.30. The summed E-state index contributed by atoms with van der Waals surface area (Å²) in [4.78, 5) is 0. The van der Waals surface area contributed by atoms with Crippen LogP contribution in [0.1, 0.15) is 31.2 Å². The largest absolute Gasteiger partial charge is 0.496 e. The highest BCUT2D eigenvalue weighted by Gasteiger charge is 2.28. The monoisotopic (exact) mass is 253 g/mol. The highest BCUT2D eigenvalue weighted by molar-refractivity contribution is 6.31. The maximum atomic E-state index is 6.36. The molecule has 17 heavy (non-hydrogen) atoms. The van der Waals surface area contributed by atoms with Gasteiger partial charge in [0.25, 0.3) is 0 Å². The Morgan fingerprint density at radius 1 is 1.47 bits per heavy atom.